The number of unbranched alkanes of at least 4 members (excludes halogenated alkanes) is 24. The SMILES string of the molecule is CC/C=C\C/C=C\C/C=C\C/C=C\C/C=C\C/C=C\CCCCCCCCC(=O)OCC(COC(=O)CCCCCC/C=C\C/C=C\C/C=C\C/C=C\CC)OC(=O)CCCCCCCCCCC/C=C\C/C=C\CCCCCCC. The molecule has 458 valence electrons. The van der Waals surface area contributed by atoms with Gasteiger partial charge in [-0.1, -0.05) is 276 Å². The van der Waals surface area contributed by atoms with Gasteiger partial charge in [0.1, 0.15) is 13.2 Å². The quantitative estimate of drug-likeness (QED) is 0.0261. The van der Waals surface area contributed by atoms with Crippen LogP contribution in [-0.2, 0) is 28.6 Å². The van der Waals surface area contributed by atoms with Crippen LogP contribution in [0.2, 0.25) is 0 Å². The molecule has 0 N–H and O–H groups in total. The van der Waals surface area contributed by atoms with Gasteiger partial charge < -0.3 is 14.2 Å². The Hall–Kier alpha value is -4.71. The van der Waals surface area contributed by atoms with Crippen LogP contribution < -0.4 is 0 Å². The molecule has 0 bridgehead atoms. The molecule has 0 aromatic carbocycles. The van der Waals surface area contributed by atoms with Crippen LogP contribution in [0.5, 0.6) is 0 Å². The minimum atomic E-state index is -0.806. The molecule has 0 aliphatic heterocycles. The van der Waals surface area contributed by atoms with Crippen LogP contribution in [0.4, 0.5) is 0 Å². The van der Waals surface area contributed by atoms with Gasteiger partial charge in [-0.25, -0.2) is 0 Å². The largest absolute Gasteiger partial charge is 0.462 e. The van der Waals surface area contributed by atoms with E-state index in [0.717, 1.165) is 154 Å². The smallest absolute Gasteiger partial charge is 0.306 e. The summed E-state index contributed by atoms with van der Waals surface area (Å²) in [5.74, 6) is -0.939. The number of hydrogen-bond donors (Lipinski definition) is 0. The lowest BCUT2D eigenvalue weighted by atomic mass is 10.1. The van der Waals surface area contributed by atoms with Crippen LogP contribution in [0.15, 0.2) is 146 Å². The maximum Gasteiger partial charge on any atom is 0.306 e. The Balaban J connectivity index is 4.47. The Bertz CT molecular complexity index is 1760. The summed E-state index contributed by atoms with van der Waals surface area (Å²) >= 11 is 0. The summed E-state index contributed by atoms with van der Waals surface area (Å²) in [6.07, 6.45) is 97.0. The van der Waals surface area contributed by atoms with Crippen LogP contribution in [0.1, 0.15) is 290 Å². The van der Waals surface area contributed by atoms with E-state index in [4.69, 9.17) is 14.2 Å². The first-order chi connectivity index (χ1) is 40.0. The highest BCUT2D eigenvalue weighted by molar-refractivity contribution is 5.71. The van der Waals surface area contributed by atoms with Gasteiger partial charge in [-0.3, -0.25) is 14.4 Å². The highest BCUT2D eigenvalue weighted by atomic mass is 16.6. The van der Waals surface area contributed by atoms with Crippen molar-refractivity contribution in [2.45, 2.75) is 297 Å². The van der Waals surface area contributed by atoms with E-state index < -0.39 is 6.10 Å². The zero-order chi connectivity index (χ0) is 58.5. The van der Waals surface area contributed by atoms with Gasteiger partial charge in [0.15, 0.2) is 6.10 Å². The number of carbonyl (C=O) groups excluding carboxylic acids is 3. The zero-order valence-corrected chi connectivity index (χ0v) is 52.5. The molecule has 0 aromatic heterocycles. The average molecular weight is 1120 g/mol. The molecule has 81 heavy (non-hydrogen) atoms. The fourth-order valence-corrected chi connectivity index (χ4v) is 8.88. The minimum Gasteiger partial charge on any atom is -0.462 e. The predicted molar refractivity (Wildman–Crippen MR) is 352 cm³/mol. The zero-order valence-electron chi connectivity index (χ0n) is 52.5. The molecule has 0 saturated heterocycles. The molecule has 0 heterocycles. The molecule has 0 radical (unpaired) electrons. The fourth-order valence-electron chi connectivity index (χ4n) is 8.88. The Morgan fingerprint density at radius 3 is 0.753 bits per heavy atom. The van der Waals surface area contributed by atoms with E-state index in [0.29, 0.717) is 19.3 Å². The van der Waals surface area contributed by atoms with Gasteiger partial charge in [0, 0.05) is 19.3 Å². The van der Waals surface area contributed by atoms with Crippen LogP contribution in [0.25, 0.3) is 0 Å². The molecule has 1 unspecified atom stereocenters. The van der Waals surface area contributed by atoms with E-state index >= 15 is 0 Å². The second-order valence-electron chi connectivity index (χ2n) is 21.6. The molecule has 0 fully saturated rings. The summed E-state index contributed by atoms with van der Waals surface area (Å²) in [6, 6.07) is 0. The summed E-state index contributed by atoms with van der Waals surface area (Å²) in [5.41, 5.74) is 0. The Kier molecular flexibility index (Phi) is 63.9. The van der Waals surface area contributed by atoms with Crippen molar-refractivity contribution in [3.63, 3.8) is 0 Å². The Morgan fingerprint density at radius 2 is 0.481 bits per heavy atom. The summed E-state index contributed by atoms with van der Waals surface area (Å²) in [5, 5.41) is 0. The van der Waals surface area contributed by atoms with Crippen LogP contribution in [0.3, 0.4) is 0 Å². The van der Waals surface area contributed by atoms with E-state index in [1.54, 1.807) is 0 Å². The molecule has 0 amide bonds. The van der Waals surface area contributed by atoms with Gasteiger partial charge in [-0.15, -0.1) is 0 Å². The van der Waals surface area contributed by atoms with Crippen molar-refractivity contribution in [1.29, 1.82) is 0 Å². The standard InChI is InChI=1S/C75H122O6/c1-4-7-10-13-16-19-22-25-28-31-33-35-36-37-38-40-41-44-47-50-53-56-59-62-65-68-74(77)80-71-72(70-79-73(76)67-64-61-58-55-52-49-46-43-30-27-24-21-18-15-12-9-6-3)81-75(78)69-66-63-60-57-54-51-48-45-42-39-34-32-29-26-23-20-17-14-11-8-5-2/h7,9-10,12,16,18-19,21,23,25-28,30,32-35,37-38,41,44,46,49,72H,4-6,8,11,13-15,17,20,22,24,29,31,36,39-40,42-43,45,47-48,50-71H2,1-3H3/b10-7-,12-9-,19-16-,21-18-,26-23-,28-25-,30-27-,34-32-,35-33-,38-37-,44-41-,49-46-. The summed E-state index contributed by atoms with van der Waals surface area (Å²) in [4.78, 5) is 38.4. The molecule has 0 saturated carbocycles. The second-order valence-corrected chi connectivity index (χ2v) is 21.6. The summed E-state index contributed by atoms with van der Waals surface area (Å²) < 4.78 is 16.9. The third kappa shape index (κ3) is 66.0. The maximum atomic E-state index is 12.9. The fraction of sp³-hybridized carbons (Fsp3) is 0.640. The lowest BCUT2D eigenvalue weighted by molar-refractivity contribution is -0.167. The van der Waals surface area contributed by atoms with Crippen molar-refractivity contribution in [1.82, 2.24) is 0 Å². The van der Waals surface area contributed by atoms with E-state index in [1.165, 1.54) is 96.3 Å². The van der Waals surface area contributed by atoms with Crippen LogP contribution in [-0.4, -0.2) is 37.2 Å². The molecular weight excluding hydrogens is 997 g/mol. The van der Waals surface area contributed by atoms with Gasteiger partial charge in [-0.2, -0.15) is 0 Å². The third-order valence-corrected chi connectivity index (χ3v) is 13.8. The highest BCUT2D eigenvalue weighted by Gasteiger charge is 2.19. The van der Waals surface area contributed by atoms with Gasteiger partial charge in [0.05, 0.1) is 0 Å². The van der Waals surface area contributed by atoms with Crippen molar-refractivity contribution < 1.29 is 28.6 Å². The van der Waals surface area contributed by atoms with Gasteiger partial charge >= 0.3 is 17.9 Å². The first-order valence-corrected chi connectivity index (χ1v) is 33.3. The van der Waals surface area contributed by atoms with Crippen molar-refractivity contribution in [3.8, 4) is 0 Å². The molecular formula is C75H122O6. The number of rotatable bonds is 59. The Labute approximate surface area is 499 Å². The monoisotopic (exact) mass is 1120 g/mol. The van der Waals surface area contributed by atoms with Crippen molar-refractivity contribution in [2.24, 2.45) is 0 Å². The van der Waals surface area contributed by atoms with Crippen molar-refractivity contribution in [2.75, 3.05) is 13.2 Å². The van der Waals surface area contributed by atoms with E-state index in [-0.39, 0.29) is 31.1 Å². The van der Waals surface area contributed by atoms with Crippen LogP contribution >= 0.6 is 0 Å². The lowest BCUT2D eigenvalue weighted by Gasteiger charge is -2.18. The molecule has 1 atom stereocenters. The topological polar surface area (TPSA) is 78.9 Å². The first kappa shape index (κ1) is 76.3. The third-order valence-electron chi connectivity index (χ3n) is 13.8. The molecule has 0 spiro atoms. The highest BCUT2D eigenvalue weighted by Crippen LogP contribution is 2.15. The maximum absolute atomic E-state index is 12.9. The number of carbonyl (C=O) groups is 3. The van der Waals surface area contributed by atoms with Crippen LogP contribution in [0, 0.1) is 0 Å². The molecule has 6 nitrogen and oxygen atoms in total. The normalized spacial score (nSPS) is 13.1. The summed E-state index contributed by atoms with van der Waals surface area (Å²) in [6.45, 7) is 6.38. The number of ether oxygens (including phenoxy) is 3. The summed E-state index contributed by atoms with van der Waals surface area (Å²) in [7, 11) is 0. The van der Waals surface area contributed by atoms with E-state index in [1.807, 2.05) is 0 Å². The lowest BCUT2D eigenvalue weighted by Crippen LogP contribution is -2.30. The van der Waals surface area contributed by atoms with Crippen molar-refractivity contribution in [3.05, 3.63) is 146 Å². The Morgan fingerprint density at radius 1 is 0.259 bits per heavy atom. The first-order valence-electron chi connectivity index (χ1n) is 33.3. The van der Waals surface area contributed by atoms with Crippen molar-refractivity contribution >= 4 is 17.9 Å². The molecule has 0 aromatic rings. The van der Waals surface area contributed by atoms with Gasteiger partial charge in [0.25, 0.3) is 0 Å². The van der Waals surface area contributed by atoms with Gasteiger partial charge in [0.2, 0.25) is 0 Å². The molecule has 0 aliphatic rings. The molecule has 0 aliphatic carbocycles. The molecule has 0 rings (SSSR count). The minimum absolute atomic E-state index is 0.101. The molecule has 6 heteroatoms. The predicted octanol–water partition coefficient (Wildman–Crippen LogP) is 23.1. The number of allylic oxidation sites excluding steroid dienone is 24. The average Bonchev–Trinajstić information content (AvgIpc) is 3.47. The van der Waals surface area contributed by atoms with E-state index in [9.17, 15) is 14.4 Å². The van der Waals surface area contributed by atoms with E-state index in [2.05, 4.69) is 167 Å². The second kappa shape index (κ2) is 67.8. The number of esters is 3. The number of hydrogen-bond acceptors (Lipinski definition) is 6. The van der Waals surface area contributed by atoms with Gasteiger partial charge in [-0.05, 0) is 141 Å².